The number of nitrogen functional groups attached to an aromatic ring is 1. The molecular formula is C15H22ClN7O. The Balaban J connectivity index is 0.00000208. The first-order valence-electron chi connectivity index (χ1n) is 7.68. The first-order chi connectivity index (χ1) is 11.2. The molecule has 4 N–H and O–H groups in total. The first-order valence-corrected chi connectivity index (χ1v) is 7.68. The molecule has 0 bridgehead atoms. The Kier molecular flexibility index (Phi) is 5.99. The number of hydrogen-bond acceptors (Lipinski definition) is 5. The fourth-order valence-corrected chi connectivity index (χ4v) is 2.52. The molecule has 24 heavy (non-hydrogen) atoms. The number of imidazole rings is 1. The van der Waals surface area contributed by atoms with E-state index in [1.165, 1.54) is 0 Å². The maximum Gasteiger partial charge on any atom is 0.243 e. The molecule has 3 heterocycles. The van der Waals surface area contributed by atoms with Crippen molar-refractivity contribution in [1.29, 1.82) is 0 Å². The zero-order valence-corrected chi connectivity index (χ0v) is 14.3. The van der Waals surface area contributed by atoms with E-state index in [-0.39, 0.29) is 19.0 Å². The molecule has 8 nitrogen and oxygen atoms in total. The number of nitrogens with one attached hydrogen (secondary N) is 1. The third kappa shape index (κ3) is 3.95. The molecule has 3 rings (SSSR count). The lowest BCUT2D eigenvalue weighted by molar-refractivity contribution is -0.696. The summed E-state index contributed by atoms with van der Waals surface area (Å²) in [5.74, 6) is 0.895. The van der Waals surface area contributed by atoms with Crippen LogP contribution in [0.15, 0.2) is 31.0 Å². The lowest BCUT2D eigenvalue weighted by Gasteiger charge is -2.08. The quantitative estimate of drug-likeness (QED) is 0.316. The molecule has 3 aromatic heterocycles. The number of aliphatic hydroxyl groups excluding tert-OH is 1. The fraction of sp³-hybridized carbons (Fsp3) is 0.400. The van der Waals surface area contributed by atoms with Crippen LogP contribution in [0.4, 0.5) is 11.5 Å². The van der Waals surface area contributed by atoms with Gasteiger partial charge in [-0.1, -0.05) is 0 Å². The minimum absolute atomic E-state index is 0. The number of aliphatic hydroxyl groups is 1. The van der Waals surface area contributed by atoms with Crippen molar-refractivity contribution >= 4 is 17.2 Å². The van der Waals surface area contributed by atoms with Gasteiger partial charge in [0.1, 0.15) is 24.8 Å². The van der Waals surface area contributed by atoms with E-state index < -0.39 is 0 Å². The lowest BCUT2D eigenvalue weighted by Crippen LogP contribution is -3.00. The normalized spacial score (nSPS) is 10.8. The van der Waals surface area contributed by atoms with Crippen LogP contribution >= 0.6 is 0 Å². The zero-order valence-electron chi connectivity index (χ0n) is 13.6. The number of anilines is 2. The highest BCUT2D eigenvalue weighted by Crippen LogP contribution is 2.16. The molecule has 0 aliphatic heterocycles. The molecular weight excluding hydrogens is 330 g/mol. The predicted octanol–water partition coefficient (Wildman–Crippen LogP) is -2.79. The van der Waals surface area contributed by atoms with Gasteiger partial charge >= 0.3 is 0 Å². The van der Waals surface area contributed by atoms with Crippen molar-refractivity contribution in [1.82, 2.24) is 19.2 Å². The van der Waals surface area contributed by atoms with E-state index in [0.29, 0.717) is 17.9 Å². The summed E-state index contributed by atoms with van der Waals surface area (Å²) in [4.78, 5) is 4.40. The van der Waals surface area contributed by atoms with Crippen LogP contribution in [0, 0.1) is 6.92 Å². The van der Waals surface area contributed by atoms with E-state index in [2.05, 4.69) is 20.0 Å². The summed E-state index contributed by atoms with van der Waals surface area (Å²) in [6.45, 7) is 4.44. The second-order valence-electron chi connectivity index (χ2n) is 5.51. The molecule has 0 saturated carbocycles. The summed E-state index contributed by atoms with van der Waals surface area (Å²) in [6, 6.07) is 1.96. The van der Waals surface area contributed by atoms with Crippen LogP contribution in [0.3, 0.4) is 0 Å². The van der Waals surface area contributed by atoms with E-state index in [9.17, 15) is 0 Å². The lowest BCUT2D eigenvalue weighted by atomic mass is 10.3. The Morgan fingerprint density at radius 1 is 1.42 bits per heavy atom. The molecule has 0 unspecified atom stereocenters. The molecule has 0 aromatic carbocycles. The van der Waals surface area contributed by atoms with Crippen molar-refractivity contribution in [2.24, 2.45) is 0 Å². The van der Waals surface area contributed by atoms with Crippen LogP contribution in [-0.2, 0) is 13.1 Å². The van der Waals surface area contributed by atoms with Gasteiger partial charge < -0.3 is 28.6 Å². The predicted molar refractivity (Wildman–Crippen MR) is 87.0 cm³/mol. The highest BCUT2D eigenvalue weighted by atomic mass is 35.5. The zero-order chi connectivity index (χ0) is 16.2. The highest BCUT2D eigenvalue weighted by molar-refractivity contribution is 5.66. The first kappa shape index (κ1) is 18.0. The van der Waals surface area contributed by atoms with Crippen LogP contribution in [0.25, 0.3) is 5.65 Å². The second-order valence-corrected chi connectivity index (χ2v) is 5.51. The van der Waals surface area contributed by atoms with Crippen molar-refractivity contribution < 1.29 is 22.1 Å². The van der Waals surface area contributed by atoms with Gasteiger partial charge in [-0.3, -0.25) is 0 Å². The molecule has 3 aromatic rings. The van der Waals surface area contributed by atoms with E-state index in [1.807, 2.05) is 36.3 Å². The monoisotopic (exact) mass is 351 g/mol. The molecule has 0 saturated heterocycles. The molecule has 9 heteroatoms. The van der Waals surface area contributed by atoms with Crippen LogP contribution in [0.2, 0.25) is 0 Å². The Morgan fingerprint density at radius 3 is 3.04 bits per heavy atom. The summed E-state index contributed by atoms with van der Waals surface area (Å²) < 4.78 is 5.81. The third-order valence-corrected chi connectivity index (χ3v) is 3.63. The number of halogens is 1. The van der Waals surface area contributed by atoms with Gasteiger partial charge in [-0.05, 0) is 6.92 Å². The van der Waals surface area contributed by atoms with Crippen LogP contribution < -0.4 is 28.0 Å². The van der Waals surface area contributed by atoms with Crippen LogP contribution in [0.5, 0.6) is 0 Å². The van der Waals surface area contributed by atoms with Gasteiger partial charge in [-0.15, -0.1) is 0 Å². The topological polar surface area (TPSA) is 97.3 Å². The summed E-state index contributed by atoms with van der Waals surface area (Å²) in [5, 5.41) is 16.6. The number of rotatable bonds is 7. The van der Waals surface area contributed by atoms with Gasteiger partial charge in [0.2, 0.25) is 6.33 Å². The fourth-order valence-electron chi connectivity index (χ4n) is 2.52. The Labute approximate surface area is 146 Å². The number of aryl methyl sites for hydroxylation is 2. The Bertz CT molecular complexity index is 798. The van der Waals surface area contributed by atoms with Crippen LogP contribution in [-0.4, -0.2) is 37.4 Å². The molecule has 0 amide bonds. The molecule has 0 radical (unpaired) electrons. The summed E-state index contributed by atoms with van der Waals surface area (Å²) >= 11 is 0. The highest BCUT2D eigenvalue weighted by Gasteiger charge is 2.08. The second kappa shape index (κ2) is 7.98. The number of hydrogen-bond donors (Lipinski definition) is 3. The van der Waals surface area contributed by atoms with Crippen molar-refractivity contribution in [2.45, 2.75) is 26.4 Å². The maximum atomic E-state index is 8.92. The van der Waals surface area contributed by atoms with Gasteiger partial charge in [0.15, 0.2) is 5.65 Å². The van der Waals surface area contributed by atoms with Crippen molar-refractivity contribution in [3.63, 3.8) is 0 Å². The standard InChI is InChI=1S/C15H22N7O.ClH/c1-12-9-14(22-15(19-12)13(16)10-18-22)17-3-2-4-20-5-6-21(11-20)7-8-23;/h5-6,9-11,17,23H,2-4,7-8,16H2,1H3;1H/q+1;/p-1. The number of nitrogens with two attached hydrogens (primary N) is 1. The van der Waals surface area contributed by atoms with E-state index in [1.54, 1.807) is 10.7 Å². The van der Waals surface area contributed by atoms with Gasteiger partial charge in [-0.25, -0.2) is 14.1 Å². The average molecular weight is 352 g/mol. The van der Waals surface area contributed by atoms with Crippen molar-refractivity contribution in [3.05, 3.63) is 36.7 Å². The SMILES string of the molecule is Cc1cc(NCCC[n+]2ccn(CCO)c2)n2ncc(N)c2n1.[Cl-]. The molecule has 0 fully saturated rings. The molecule has 0 atom stereocenters. The van der Waals surface area contributed by atoms with Gasteiger partial charge in [-0.2, -0.15) is 9.61 Å². The van der Waals surface area contributed by atoms with Crippen LogP contribution in [0.1, 0.15) is 12.1 Å². The summed E-state index contributed by atoms with van der Waals surface area (Å²) in [7, 11) is 0. The largest absolute Gasteiger partial charge is 1.00 e. The minimum atomic E-state index is 0. The third-order valence-electron chi connectivity index (χ3n) is 3.63. The summed E-state index contributed by atoms with van der Waals surface area (Å²) in [5.41, 5.74) is 8.04. The molecule has 0 aliphatic carbocycles. The van der Waals surface area contributed by atoms with Gasteiger partial charge in [0, 0.05) is 24.7 Å². The van der Waals surface area contributed by atoms with Gasteiger partial charge in [0.25, 0.3) is 0 Å². The molecule has 0 aliphatic rings. The minimum Gasteiger partial charge on any atom is -1.00 e. The van der Waals surface area contributed by atoms with E-state index >= 15 is 0 Å². The maximum absolute atomic E-state index is 8.92. The number of fused-ring (bicyclic) bond motifs is 1. The van der Waals surface area contributed by atoms with E-state index in [4.69, 9.17) is 10.8 Å². The van der Waals surface area contributed by atoms with Crippen molar-refractivity contribution in [2.75, 3.05) is 24.2 Å². The van der Waals surface area contributed by atoms with Crippen molar-refractivity contribution in [3.8, 4) is 0 Å². The molecule has 130 valence electrons. The Hall–Kier alpha value is -2.32. The smallest absolute Gasteiger partial charge is 0.243 e. The summed E-state index contributed by atoms with van der Waals surface area (Å²) in [6.07, 6.45) is 8.56. The van der Waals surface area contributed by atoms with E-state index in [0.717, 1.165) is 31.0 Å². The number of nitrogens with zero attached hydrogens (tertiary/aromatic N) is 5. The number of aromatic nitrogens is 5. The van der Waals surface area contributed by atoms with Gasteiger partial charge in [0.05, 0.1) is 25.0 Å². The average Bonchev–Trinajstić information content (AvgIpc) is 3.12. The Morgan fingerprint density at radius 2 is 2.25 bits per heavy atom. The molecule has 0 spiro atoms.